The summed E-state index contributed by atoms with van der Waals surface area (Å²) in [5, 5.41) is 3.77. The first kappa shape index (κ1) is 14.6. The molecule has 3 atom stereocenters. The minimum atomic E-state index is 0.277. The number of hydrogen-bond donors (Lipinski definition) is 1. The number of halogens is 1. The van der Waals surface area contributed by atoms with Gasteiger partial charge < -0.3 is 10.1 Å². The number of fused-ring (bicyclic) bond motifs is 1. The van der Waals surface area contributed by atoms with Crippen molar-refractivity contribution in [2.45, 2.75) is 25.9 Å². The van der Waals surface area contributed by atoms with Gasteiger partial charge in [-0.05, 0) is 24.6 Å². The van der Waals surface area contributed by atoms with Gasteiger partial charge in [0.05, 0.1) is 6.61 Å². The maximum absolute atomic E-state index is 5.83. The normalized spacial score (nSPS) is 22.2. The average molecular weight is 346 g/mol. The van der Waals surface area contributed by atoms with E-state index in [1.165, 1.54) is 11.1 Å². The van der Waals surface area contributed by atoms with Crippen LogP contribution in [-0.4, -0.2) is 6.61 Å². The fourth-order valence-corrected chi connectivity index (χ4v) is 3.56. The highest BCUT2D eigenvalue weighted by Gasteiger charge is 2.29. The summed E-state index contributed by atoms with van der Waals surface area (Å²) in [4.78, 5) is 0. The quantitative estimate of drug-likeness (QED) is 0.856. The molecule has 2 aromatic carbocycles. The first-order valence-electron chi connectivity index (χ1n) is 7.39. The highest BCUT2D eigenvalue weighted by atomic mass is 79.9. The molecule has 1 aliphatic rings. The van der Waals surface area contributed by atoms with E-state index in [1.807, 2.05) is 12.1 Å². The van der Waals surface area contributed by atoms with Gasteiger partial charge in [0, 0.05) is 28.0 Å². The third-order valence-corrected chi connectivity index (χ3v) is 4.85. The zero-order valence-electron chi connectivity index (χ0n) is 12.3. The molecule has 21 heavy (non-hydrogen) atoms. The van der Waals surface area contributed by atoms with Crippen molar-refractivity contribution in [2.24, 2.45) is 5.92 Å². The molecule has 1 heterocycles. The zero-order valence-corrected chi connectivity index (χ0v) is 13.9. The van der Waals surface area contributed by atoms with Crippen LogP contribution in [0.3, 0.4) is 0 Å². The van der Waals surface area contributed by atoms with Gasteiger partial charge in [-0.1, -0.05) is 59.3 Å². The number of hydrogen-bond acceptors (Lipinski definition) is 2. The smallest absolute Gasteiger partial charge is 0.124 e. The van der Waals surface area contributed by atoms with Crippen LogP contribution in [0.25, 0.3) is 0 Å². The van der Waals surface area contributed by atoms with Crippen LogP contribution in [0.5, 0.6) is 5.75 Å². The van der Waals surface area contributed by atoms with Crippen molar-refractivity contribution in [2.75, 3.05) is 6.61 Å². The molecule has 0 bridgehead atoms. The lowest BCUT2D eigenvalue weighted by atomic mass is 9.91. The van der Waals surface area contributed by atoms with Gasteiger partial charge in [-0.15, -0.1) is 0 Å². The Hall–Kier alpha value is -1.32. The van der Waals surface area contributed by atoms with Gasteiger partial charge in [-0.2, -0.15) is 0 Å². The van der Waals surface area contributed by atoms with Crippen molar-refractivity contribution in [3.8, 4) is 5.75 Å². The summed E-state index contributed by atoms with van der Waals surface area (Å²) in [7, 11) is 0. The van der Waals surface area contributed by atoms with Crippen molar-refractivity contribution in [1.29, 1.82) is 0 Å². The summed E-state index contributed by atoms with van der Waals surface area (Å²) < 4.78 is 6.98. The van der Waals surface area contributed by atoms with Gasteiger partial charge in [0.2, 0.25) is 0 Å². The molecule has 3 unspecified atom stereocenters. The highest BCUT2D eigenvalue weighted by Crippen LogP contribution is 2.37. The van der Waals surface area contributed by atoms with Crippen LogP contribution in [0.4, 0.5) is 0 Å². The van der Waals surface area contributed by atoms with Crippen LogP contribution in [0.1, 0.15) is 37.1 Å². The molecular formula is C18H20BrNO. The second-order valence-corrected chi connectivity index (χ2v) is 6.57. The Morgan fingerprint density at radius 2 is 1.86 bits per heavy atom. The second-order valence-electron chi connectivity index (χ2n) is 5.71. The zero-order chi connectivity index (χ0) is 14.8. The molecule has 0 radical (unpaired) electrons. The van der Waals surface area contributed by atoms with E-state index in [0.29, 0.717) is 12.0 Å². The molecule has 1 aliphatic heterocycles. The van der Waals surface area contributed by atoms with E-state index in [2.05, 4.69) is 71.5 Å². The number of para-hydroxylation sites is 1. The lowest BCUT2D eigenvalue weighted by Gasteiger charge is -2.34. The summed E-state index contributed by atoms with van der Waals surface area (Å²) in [6, 6.07) is 17.3. The van der Waals surface area contributed by atoms with Crippen LogP contribution in [-0.2, 0) is 0 Å². The predicted octanol–water partition coefficient (Wildman–Crippen LogP) is 4.87. The van der Waals surface area contributed by atoms with Gasteiger partial charge in [-0.3, -0.25) is 0 Å². The van der Waals surface area contributed by atoms with Gasteiger partial charge >= 0.3 is 0 Å². The lowest BCUT2D eigenvalue weighted by Crippen LogP contribution is -2.35. The van der Waals surface area contributed by atoms with Crippen LogP contribution >= 0.6 is 15.9 Å². The number of rotatable bonds is 3. The standard InChI is InChI=1S/C18H20BrNO/c1-12-11-21-17-10-6-4-8-15(17)18(12)20-13(2)14-7-3-5-9-16(14)19/h3-10,12-13,18,20H,11H2,1-2H3. The topological polar surface area (TPSA) is 21.3 Å². The SMILES string of the molecule is CC(NC1c2ccccc2OCC1C)c1ccccc1Br. The fourth-order valence-electron chi connectivity index (χ4n) is 2.93. The van der Waals surface area contributed by atoms with E-state index in [9.17, 15) is 0 Å². The maximum Gasteiger partial charge on any atom is 0.124 e. The van der Waals surface area contributed by atoms with E-state index in [-0.39, 0.29) is 6.04 Å². The molecule has 0 saturated carbocycles. The molecule has 3 rings (SSSR count). The van der Waals surface area contributed by atoms with Crippen LogP contribution in [0.15, 0.2) is 53.0 Å². The minimum Gasteiger partial charge on any atom is -0.493 e. The molecule has 0 fully saturated rings. The minimum absolute atomic E-state index is 0.277. The monoisotopic (exact) mass is 345 g/mol. The predicted molar refractivity (Wildman–Crippen MR) is 89.5 cm³/mol. The average Bonchev–Trinajstić information content (AvgIpc) is 2.50. The summed E-state index contributed by atoms with van der Waals surface area (Å²) >= 11 is 3.64. The van der Waals surface area contributed by atoms with Crippen LogP contribution in [0, 0.1) is 5.92 Å². The molecule has 2 nitrogen and oxygen atoms in total. The van der Waals surface area contributed by atoms with Crippen LogP contribution < -0.4 is 10.1 Å². The maximum atomic E-state index is 5.83. The molecule has 0 aliphatic carbocycles. The molecular weight excluding hydrogens is 326 g/mol. The Kier molecular flexibility index (Phi) is 4.32. The second kappa shape index (κ2) is 6.20. The molecule has 110 valence electrons. The number of nitrogens with one attached hydrogen (secondary N) is 1. The van der Waals surface area contributed by atoms with E-state index in [4.69, 9.17) is 4.74 Å². The van der Waals surface area contributed by atoms with Crippen molar-refractivity contribution < 1.29 is 4.74 Å². The Bertz CT molecular complexity index is 628. The van der Waals surface area contributed by atoms with E-state index < -0.39 is 0 Å². The number of benzene rings is 2. The first-order chi connectivity index (χ1) is 10.2. The summed E-state index contributed by atoms with van der Waals surface area (Å²) in [5.74, 6) is 1.46. The van der Waals surface area contributed by atoms with Crippen molar-refractivity contribution in [3.63, 3.8) is 0 Å². The van der Waals surface area contributed by atoms with Crippen molar-refractivity contribution in [3.05, 3.63) is 64.1 Å². The molecule has 3 heteroatoms. The van der Waals surface area contributed by atoms with E-state index in [1.54, 1.807) is 0 Å². The molecule has 0 aromatic heterocycles. The van der Waals surface area contributed by atoms with Gasteiger partial charge in [0.25, 0.3) is 0 Å². The Labute approximate surface area is 134 Å². The Balaban J connectivity index is 1.86. The summed E-state index contributed by atoms with van der Waals surface area (Å²) in [6.07, 6.45) is 0. The molecule has 2 aromatic rings. The summed E-state index contributed by atoms with van der Waals surface area (Å²) in [5.41, 5.74) is 2.55. The van der Waals surface area contributed by atoms with Crippen LogP contribution in [0.2, 0.25) is 0 Å². The Morgan fingerprint density at radius 1 is 1.14 bits per heavy atom. The molecule has 1 N–H and O–H groups in total. The van der Waals surface area contributed by atoms with E-state index in [0.717, 1.165) is 16.8 Å². The highest BCUT2D eigenvalue weighted by molar-refractivity contribution is 9.10. The lowest BCUT2D eigenvalue weighted by molar-refractivity contribution is 0.182. The third-order valence-electron chi connectivity index (χ3n) is 4.13. The molecule has 0 saturated heterocycles. The van der Waals surface area contributed by atoms with Gasteiger partial charge in [0.15, 0.2) is 0 Å². The van der Waals surface area contributed by atoms with Crippen molar-refractivity contribution in [1.82, 2.24) is 5.32 Å². The molecule has 0 spiro atoms. The number of ether oxygens (including phenoxy) is 1. The van der Waals surface area contributed by atoms with Gasteiger partial charge in [0.1, 0.15) is 5.75 Å². The largest absolute Gasteiger partial charge is 0.493 e. The fraction of sp³-hybridized carbons (Fsp3) is 0.333. The third kappa shape index (κ3) is 2.99. The van der Waals surface area contributed by atoms with Crippen molar-refractivity contribution >= 4 is 15.9 Å². The van der Waals surface area contributed by atoms with E-state index >= 15 is 0 Å². The summed E-state index contributed by atoms with van der Waals surface area (Å²) in [6.45, 7) is 5.21. The molecule has 0 amide bonds. The van der Waals surface area contributed by atoms with Gasteiger partial charge in [-0.25, -0.2) is 0 Å². The Morgan fingerprint density at radius 3 is 2.67 bits per heavy atom. The first-order valence-corrected chi connectivity index (χ1v) is 8.18.